The van der Waals surface area contributed by atoms with Gasteiger partial charge in [0.2, 0.25) is 0 Å². The topological polar surface area (TPSA) is 26.3 Å². The third-order valence-electron chi connectivity index (χ3n) is 3.19. The van der Waals surface area contributed by atoms with Crippen molar-refractivity contribution < 1.29 is 9.53 Å². The number of carbonyl (C=O) groups excluding carboxylic acids is 1. The number of hydrogen-bond acceptors (Lipinski definition) is 2. The molecular formula is C13H20O2. The van der Waals surface area contributed by atoms with Crippen LogP contribution < -0.4 is 0 Å². The van der Waals surface area contributed by atoms with Crippen molar-refractivity contribution in [3.63, 3.8) is 0 Å². The normalized spacial score (nSPS) is 27.3. The van der Waals surface area contributed by atoms with Crippen LogP contribution in [0.3, 0.4) is 0 Å². The van der Waals surface area contributed by atoms with Gasteiger partial charge in [-0.05, 0) is 25.3 Å². The Balaban J connectivity index is 3.00. The molecular weight excluding hydrogens is 188 g/mol. The van der Waals surface area contributed by atoms with Crippen LogP contribution in [0.5, 0.6) is 0 Å². The monoisotopic (exact) mass is 208 g/mol. The van der Waals surface area contributed by atoms with E-state index in [2.05, 4.69) is 19.1 Å². The second kappa shape index (κ2) is 5.26. The van der Waals surface area contributed by atoms with Gasteiger partial charge in [-0.1, -0.05) is 31.6 Å². The van der Waals surface area contributed by atoms with Gasteiger partial charge in [-0.2, -0.15) is 0 Å². The van der Waals surface area contributed by atoms with Crippen molar-refractivity contribution in [1.29, 1.82) is 0 Å². The first-order valence-electron chi connectivity index (χ1n) is 5.56. The lowest BCUT2D eigenvalue weighted by molar-refractivity contribution is -0.117. The number of rotatable bonds is 5. The molecule has 2 atom stereocenters. The second-order valence-electron chi connectivity index (χ2n) is 4.05. The molecule has 84 valence electrons. The molecule has 0 amide bonds. The molecule has 0 aromatic rings. The summed E-state index contributed by atoms with van der Waals surface area (Å²) in [5.74, 6) is -0.0692. The van der Waals surface area contributed by atoms with Crippen molar-refractivity contribution in [3.05, 3.63) is 23.8 Å². The van der Waals surface area contributed by atoms with Gasteiger partial charge >= 0.3 is 0 Å². The van der Waals surface area contributed by atoms with E-state index in [9.17, 15) is 4.79 Å². The smallest absolute Gasteiger partial charge is 0.126 e. The Labute approximate surface area is 92.0 Å². The van der Waals surface area contributed by atoms with Crippen molar-refractivity contribution in [3.8, 4) is 0 Å². The van der Waals surface area contributed by atoms with E-state index in [-0.39, 0.29) is 5.92 Å². The van der Waals surface area contributed by atoms with Gasteiger partial charge in [-0.3, -0.25) is 0 Å². The minimum Gasteiger partial charge on any atom is -0.369 e. The fourth-order valence-corrected chi connectivity index (χ4v) is 2.27. The maximum Gasteiger partial charge on any atom is 0.126 e. The molecule has 0 saturated heterocycles. The van der Waals surface area contributed by atoms with Crippen LogP contribution in [0.2, 0.25) is 0 Å². The van der Waals surface area contributed by atoms with Crippen molar-refractivity contribution >= 4 is 6.29 Å². The van der Waals surface area contributed by atoms with E-state index < -0.39 is 5.60 Å². The molecule has 0 aromatic heterocycles. The summed E-state index contributed by atoms with van der Waals surface area (Å²) in [6.45, 7) is 4.13. The lowest BCUT2D eigenvalue weighted by atomic mass is 9.77. The highest BCUT2D eigenvalue weighted by Gasteiger charge is 2.38. The van der Waals surface area contributed by atoms with Crippen LogP contribution >= 0.6 is 0 Å². The van der Waals surface area contributed by atoms with Gasteiger partial charge in [0.05, 0.1) is 5.92 Å². The van der Waals surface area contributed by atoms with E-state index in [1.165, 1.54) is 0 Å². The zero-order chi connectivity index (χ0) is 11.3. The van der Waals surface area contributed by atoms with Crippen molar-refractivity contribution in [2.45, 2.75) is 38.7 Å². The predicted octanol–water partition coefficient (Wildman–Crippen LogP) is 2.89. The molecule has 0 heterocycles. The molecule has 0 bridgehead atoms. The number of hydrogen-bond donors (Lipinski definition) is 0. The molecule has 0 fully saturated rings. The van der Waals surface area contributed by atoms with Gasteiger partial charge in [0.15, 0.2) is 0 Å². The molecule has 15 heavy (non-hydrogen) atoms. The van der Waals surface area contributed by atoms with E-state index in [0.29, 0.717) is 0 Å². The Hall–Kier alpha value is -0.890. The minimum atomic E-state index is -0.490. The highest BCUT2D eigenvalue weighted by atomic mass is 16.5. The first-order chi connectivity index (χ1) is 7.21. The first-order valence-corrected chi connectivity index (χ1v) is 5.56. The summed E-state index contributed by atoms with van der Waals surface area (Å²) < 4.78 is 5.61. The Morgan fingerprint density at radius 1 is 1.67 bits per heavy atom. The van der Waals surface area contributed by atoms with Crippen molar-refractivity contribution in [1.82, 2.24) is 0 Å². The zero-order valence-corrected chi connectivity index (χ0v) is 9.82. The Morgan fingerprint density at radius 2 is 2.40 bits per heavy atom. The van der Waals surface area contributed by atoms with E-state index in [1.807, 2.05) is 13.0 Å². The van der Waals surface area contributed by atoms with E-state index >= 15 is 0 Å². The SMILES string of the molecule is CCCC(C=O)C1(OC)C=CCC=C1C. The molecule has 0 radical (unpaired) electrons. The quantitative estimate of drug-likeness (QED) is 0.513. The molecule has 2 unspecified atom stereocenters. The maximum absolute atomic E-state index is 11.2. The maximum atomic E-state index is 11.2. The second-order valence-corrected chi connectivity index (χ2v) is 4.05. The molecule has 0 aliphatic heterocycles. The standard InChI is InChI=1S/C13H20O2/c1-4-7-12(10-14)13(15-3)9-6-5-8-11(13)2/h6,8-10,12H,4-5,7H2,1-3H3. The molecule has 2 nitrogen and oxygen atoms in total. The van der Waals surface area contributed by atoms with Gasteiger partial charge in [0, 0.05) is 7.11 Å². The molecule has 0 saturated carbocycles. The van der Waals surface area contributed by atoms with Gasteiger partial charge in [0.1, 0.15) is 11.9 Å². The number of carbonyl (C=O) groups is 1. The van der Waals surface area contributed by atoms with Gasteiger partial charge in [0.25, 0.3) is 0 Å². The van der Waals surface area contributed by atoms with Crippen LogP contribution in [-0.2, 0) is 9.53 Å². The molecule has 0 spiro atoms. The van der Waals surface area contributed by atoms with E-state index in [0.717, 1.165) is 31.1 Å². The summed E-state index contributed by atoms with van der Waals surface area (Å²) in [4.78, 5) is 11.2. The highest BCUT2D eigenvalue weighted by Crippen LogP contribution is 2.35. The Morgan fingerprint density at radius 3 is 2.87 bits per heavy atom. The Kier molecular flexibility index (Phi) is 4.28. The number of ether oxygens (including phenoxy) is 1. The fraction of sp³-hybridized carbons (Fsp3) is 0.615. The average molecular weight is 208 g/mol. The third kappa shape index (κ3) is 2.20. The number of methoxy groups -OCH3 is 1. The lowest BCUT2D eigenvalue weighted by Gasteiger charge is -2.37. The molecule has 0 N–H and O–H groups in total. The number of aldehydes is 1. The summed E-state index contributed by atoms with van der Waals surface area (Å²) >= 11 is 0. The van der Waals surface area contributed by atoms with Crippen LogP contribution in [0.4, 0.5) is 0 Å². The van der Waals surface area contributed by atoms with E-state index in [1.54, 1.807) is 7.11 Å². The number of allylic oxidation sites excluding steroid dienone is 2. The van der Waals surface area contributed by atoms with Crippen LogP contribution in [0.25, 0.3) is 0 Å². The van der Waals surface area contributed by atoms with Gasteiger partial charge in [-0.25, -0.2) is 0 Å². The zero-order valence-electron chi connectivity index (χ0n) is 9.82. The van der Waals surface area contributed by atoms with Crippen LogP contribution in [0, 0.1) is 5.92 Å². The summed E-state index contributed by atoms with van der Waals surface area (Å²) in [6.07, 6.45) is 10.1. The molecule has 1 aliphatic carbocycles. The summed E-state index contributed by atoms with van der Waals surface area (Å²) in [5.41, 5.74) is 0.661. The van der Waals surface area contributed by atoms with Crippen LogP contribution in [0.1, 0.15) is 33.1 Å². The van der Waals surface area contributed by atoms with Crippen molar-refractivity contribution in [2.75, 3.05) is 7.11 Å². The van der Waals surface area contributed by atoms with Crippen LogP contribution in [-0.4, -0.2) is 19.0 Å². The van der Waals surface area contributed by atoms with Gasteiger partial charge < -0.3 is 9.53 Å². The largest absolute Gasteiger partial charge is 0.369 e. The van der Waals surface area contributed by atoms with E-state index in [4.69, 9.17) is 4.74 Å². The van der Waals surface area contributed by atoms with Gasteiger partial charge in [-0.15, -0.1) is 0 Å². The molecule has 1 aliphatic rings. The lowest BCUT2D eigenvalue weighted by Crippen LogP contribution is -2.41. The summed E-state index contributed by atoms with van der Waals surface area (Å²) in [7, 11) is 1.68. The highest BCUT2D eigenvalue weighted by molar-refractivity contribution is 5.59. The summed E-state index contributed by atoms with van der Waals surface area (Å²) in [5, 5.41) is 0. The fourth-order valence-electron chi connectivity index (χ4n) is 2.27. The average Bonchev–Trinajstić information content (AvgIpc) is 2.27. The third-order valence-corrected chi connectivity index (χ3v) is 3.19. The molecule has 2 heteroatoms. The molecule has 0 aromatic carbocycles. The van der Waals surface area contributed by atoms with Crippen molar-refractivity contribution in [2.24, 2.45) is 5.92 Å². The summed E-state index contributed by atoms with van der Waals surface area (Å²) in [6, 6.07) is 0. The predicted molar refractivity (Wildman–Crippen MR) is 61.7 cm³/mol. The minimum absolute atomic E-state index is 0.0692. The van der Waals surface area contributed by atoms with Crippen LogP contribution in [0.15, 0.2) is 23.8 Å². The Bertz CT molecular complexity index is 278. The first kappa shape index (κ1) is 12.2. The molecule has 1 rings (SSSR count).